The van der Waals surface area contributed by atoms with E-state index in [0.717, 1.165) is 17.1 Å². The van der Waals surface area contributed by atoms with Gasteiger partial charge in [-0.25, -0.2) is 18.9 Å². The maximum absolute atomic E-state index is 14.2. The van der Waals surface area contributed by atoms with Crippen molar-refractivity contribution in [2.75, 3.05) is 13.6 Å². The molecule has 1 amide bonds. The molecular weight excluding hydrogens is 367 g/mol. The fourth-order valence-electron chi connectivity index (χ4n) is 2.90. The molecule has 1 aromatic heterocycles. The molecule has 3 N–H and O–H groups in total. The molecule has 0 aliphatic carbocycles. The Balaban J connectivity index is 2.19. The van der Waals surface area contributed by atoms with Crippen LogP contribution in [0.4, 0.5) is 4.39 Å². The van der Waals surface area contributed by atoms with Gasteiger partial charge in [-0.3, -0.25) is 4.79 Å². The van der Waals surface area contributed by atoms with Gasteiger partial charge in [0, 0.05) is 19.7 Å². The minimum absolute atomic E-state index is 0.00680. The second-order valence-corrected chi connectivity index (χ2v) is 6.25. The summed E-state index contributed by atoms with van der Waals surface area (Å²) in [6.07, 6.45) is 0.722. The number of carbonyl (C=O) groups is 1. The Morgan fingerprint density at radius 1 is 1.25 bits per heavy atom. The zero-order chi connectivity index (χ0) is 20.4. The molecule has 0 aliphatic heterocycles. The van der Waals surface area contributed by atoms with Crippen molar-refractivity contribution in [3.63, 3.8) is 0 Å². The summed E-state index contributed by atoms with van der Waals surface area (Å²) < 4.78 is 15.2. The van der Waals surface area contributed by atoms with Gasteiger partial charge in [0.15, 0.2) is 5.82 Å². The summed E-state index contributed by atoms with van der Waals surface area (Å²) in [5.74, 6) is -2.05. The minimum atomic E-state index is -0.719. The van der Waals surface area contributed by atoms with E-state index in [2.05, 4.69) is 10.2 Å². The second-order valence-electron chi connectivity index (χ2n) is 6.25. The standard InChI is InChI=1S/C19H19FN4O4/c1-3-8-23(2)18(27)12-9-11(15(25)10-16(12)26)17-21-22-19(28)24(17)14-7-5-4-6-13(14)20/h4-7,9-10,25-26H,3,8H2,1-2H3,(H,22,28). The number of nitrogens with zero attached hydrogens (tertiary/aromatic N) is 3. The predicted octanol–water partition coefficient (Wildman–Crippen LogP) is 2.26. The number of benzene rings is 2. The fourth-order valence-corrected chi connectivity index (χ4v) is 2.90. The number of phenols is 2. The highest BCUT2D eigenvalue weighted by atomic mass is 19.1. The number of aromatic amines is 1. The van der Waals surface area contributed by atoms with Crippen LogP contribution in [0, 0.1) is 5.82 Å². The molecule has 0 unspecified atom stereocenters. The number of amides is 1. The number of para-hydroxylation sites is 1. The van der Waals surface area contributed by atoms with Crippen LogP contribution in [0.1, 0.15) is 23.7 Å². The van der Waals surface area contributed by atoms with Crippen LogP contribution in [0.15, 0.2) is 41.2 Å². The number of carbonyl (C=O) groups excluding carboxylic acids is 1. The largest absolute Gasteiger partial charge is 0.507 e. The average Bonchev–Trinajstić information content (AvgIpc) is 3.03. The maximum Gasteiger partial charge on any atom is 0.348 e. The number of aromatic hydroxyl groups is 2. The average molecular weight is 386 g/mol. The van der Waals surface area contributed by atoms with E-state index in [-0.39, 0.29) is 22.6 Å². The van der Waals surface area contributed by atoms with Gasteiger partial charge in [0.1, 0.15) is 17.3 Å². The number of rotatable bonds is 5. The lowest BCUT2D eigenvalue weighted by molar-refractivity contribution is 0.0792. The van der Waals surface area contributed by atoms with Gasteiger partial charge in [0.05, 0.1) is 16.8 Å². The van der Waals surface area contributed by atoms with Crippen molar-refractivity contribution in [3.8, 4) is 28.6 Å². The van der Waals surface area contributed by atoms with Crippen LogP contribution in [0.2, 0.25) is 0 Å². The molecular formula is C19H19FN4O4. The lowest BCUT2D eigenvalue weighted by atomic mass is 10.1. The molecule has 9 heteroatoms. The lowest BCUT2D eigenvalue weighted by Crippen LogP contribution is -2.27. The smallest absolute Gasteiger partial charge is 0.348 e. The molecule has 0 aliphatic rings. The van der Waals surface area contributed by atoms with Crippen molar-refractivity contribution in [3.05, 3.63) is 58.3 Å². The molecule has 0 saturated heterocycles. The topological polar surface area (TPSA) is 111 Å². The van der Waals surface area contributed by atoms with Gasteiger partial charge in [0.25, 0.3) is 5.91 Å². The normalized spacial score (nSPS) is 10.8. The molecule has 0 atom stereocenters. The Kier molecular flexibility index (Phi) is 5.16. The van der Waals surface area contributed by atoms with Crippen LogP contribution in [-0.4, -0.2) is 49.4 Å². The molecule has 1 heterocycles. The SMILES string of the molecule is CCCN(C)C(=O)c1cc(-c2n[nH]c(=O)n2-c2ccccc2F)c(O)cc1O. The first kappa shape index (κ1) is 19.2. The van der Waals surface area contributed by atoms with Crippen molar-refractivity contribution < 1.29 is 19.4 Å². The highest BCUT2D eigenvalue weighted by Crippen LogP contribution is 2.35. The summed E-state index contributed by atoms with van der Waals surface area (Å²) in [5, 5.41) is 26.5. The Hall–Kier alpha value is -3.62. The maximum atomic E-state index is 14.2. The van der Waals surface area contributed by atoms with E-state index in [0.29, 0.717) is 6.54 Å². The molecule has 0 spiro atoms. The molecule has 0 saturated carbocycles. The lowest BCUT2D eigenvalue weighted by Gasteiger charge is -2.18. The van der Waals surface area contributed by atoms with Crippen molar-refractivity contribution in [2.24, 2.45) is 0 Å². The van der Waals surface area contributed by atoms with E-state index in [9.17, 15) is 24.2 Å². The highest BCUT2D eigenvalue weighted by Gasteiger charge is 2.23. The number of hydrogen-bond donors (Lipinski definition) is 3. The van der Waals surface area contributed by atoms with Gasteiger partial charge >= 0.3 is 5.69 Å². The van der Waals surface area contributed by atoms with Gasteiger partial charge in [-0.2, -0.15) is 5.10 Å². The third-order valence-electron chi connectivity index (χ3n) is 4.26. The van der Waals surface area contributed by atoms with Gasteiger partial charge in [-0.1, -0.05) is 19.1 Å². The third kappa shape index (κ3) is 3.34. The minimum Gasteiger partial charge on any atom is -0.507 e. The number of H-pyrrole nitrogens is 1. The first-order chi connectivity index (χ1) is 13.3. The highest BCUT2D eigenvalue weighted by molar-refractivity contribution is 5.98. The van der Waals surface area contributed by atoms with Crippen LogP contribution in [0.5, 0.6) is 11.5 Å². The monoisotopic (exact) mass is 386 g/mol. The van der Waals surface area contributed by atoms with Gasteiger partial charge < -0.3 is 15.1 Å². The Labute approximate surface area is 159 Å². The zero-order valence-corrected chi connectivity index (χ0v) is 15.3. The molecule has 0 radical (unpaired) electrons. The summed E-state index contributed by atoms with van der Waals surface area (Å²) >= 11 is 0. The van der Waals surface area contributed by atoms with Crippen LogP contribution in [-0.2, 0) is 0 Å². The predicted molar refractivity (Wildman–Crippen MR) is 100 cm³/mol. The molecule has 8 nitrogen and oxygen atoms in total. The van der Waals surface area contributed by atoms with E-state index >= 15 is 0 Å². The van der Waals surface area contributed by atoms with Gasteiger partial charge in [0.2, 0.25) is 0 Å². The summed E-state index contributed by atoms with van der Waals surface area (Å²) in [6.45, 7) is 2.37. The molecule has 3 rings (SSSR count). The molecule has 3 aromatic rings. The molecule has 2 aromatic carbocycles. The first-order valence-electron chi connectivity index (χ1n) is 8.59. The van der Waals surface area contributed by atoms with E-state index in [1.165, 1.54) is 29.2 Å². The third-order valence-corrected chi connectivity index (χ3v) is 4.26. The van der Waals surface area contributed by atoms with Crippen molar-refractivity contribution in [2.45, 2.75) is 13.3 Å². The summed E-state index contributed by atoms with van der Waals surface area (Å²) in [7, 11) is 1.58. The Morgan fingerprint density at radius 3 is 2.64 bits per heavy atom. The summed E-state index contributed by atoms with van der Waals surface area (Å²) in [4.78, 5) is 26.2. The summed E-state index contributed by atoms with van der Waals surface area (Å²) in [5.41, 5.74) is -0.866. The fraction of sp³-hybridized carbons (Fsp3) is 0.211. The van der Waals surface area contributed by atoms with E-state index in [1.807, 2.05) is 6.92 Å². The molecule has 146 valence electrons. The number of nitrogens with one attached hydrogen (secondary N) is 1. The number of hydrogen-bond acceptors (Lipinski definition) is 5. The molecule has 28 heavy (non-hydrogen) atoms. The number of aromatic nitrogens is 3. The quantitative estimate of drug-likeness (QED) is 0.623. The van der Waals surface area contributed by atoms with Crippen LogP contribution in [0.25, 0.3) is 17.1 Å². The van der Waals surface area contributed by atoms with Crippen molar-refractivity contribution in [1.82, 2.24) is 19.7 Å². The summed E-state index contributed by atoms with van der Waals surface area (Å²) in [6, 6.07) is 7.81. The van der Waals surface area contributed by atoms with Crippen LogP contribution < -0.4 is 5.69 Å². The molecule has 0 bridgehead atoms. The Bertz CT molecular complexity index is 1090. The van der Waals surface area contributed by atoms with Crippen LogP contribution in [0.3, 0.4) is 0 Å². The zero-order valence-electron chi connectivity index (χ0n) is 15.3. The van der Waals surface area contributed by atoms with E-state index in [1.54, 1.807) is 13.1 Å². The van der Waals surface area contributed by atoms with E-state index < -0.39 is 28.9 Å². The van der Waals surface area contributed by atoms with Gasteiger partial charge in [-0.15, -0.1) is 0 Å². The second kappa shape index (κ2) is 7.55. The van der Waals surface area contributed by atoms with Crippen molar-refractivity contribution >= 4 is 5.91 Å². The van der Waals surface area contributed by atoms with Crippen LogP contribution >= 0.6 is 0 Å². The molecule has 0 fully saturated rings. The van der Waals surface area contributed by atoms with Crippen molar-refractivity contribution in [1.29, 1.82) is 0 Å². The number of halogens is 1. The van der Waals surface area contributed by atoms with Gasteiger partial charge in [-0.05, 0) is 24.6 Å². The Morgan fingerprint density at radius 2 is 1.96 bits per heavy atom. The number of phenolic OH excluding ortho intramolecular Hbond substituents is 2. The van der Waals surface area contributed by atoms with E-state index in [4.69, 9.17) is 0 Å². The first-order valence-corrected chi connectivity index (χ1v) is 8.59.